The van der Waals surface area contributed by atoms with Crippen LogP contribution in [0.25, 0.3) is 6.08 Å². The number of rotatable bonds is 6. The topological polar surface area (TPSA) is 75.6 Å². The fourth-order valence-electron chi connectivity index (χ4n) is 1.31. The van der Waals surface area contributed by atoms with Gasteiger partial charge in [0.25, 0.3) is 5.91 Å². The van der Waals surface area contributed by atoms with Crippen LogP contribution in [0.5, 0.6) is 5.75 Å². The molecule has 0 saturated heterocycles. The Morgan fingerprint density at radius 3 is 2.90 bits per heavy atom. The van der Waals surface area contributed by atoms with Crippen LogP contribution >= 0.6 is 11.6 Å². The van der Waals surface area contributed by atoms with Crippen molar-refractivity contribution in [3.63, 3.8) is 0 Å². The van der Waals surface area contributed by atoms with Crippen molar-refractivity contribution in [1.82, 2.24) is 5.32 Å². The number of hydrogen-bond acceptors (Lipinski definition) is 3. The van der Waals surface area contributed by atoms with Crippen molar-refractivity contribution in [3.05, 3.63) is 34.9 Å². The molecule has 0 aromatic heterocycles. The van der Waals surface area contributed by atoms with E-state index in [4.69, 9.17) is 27.9 Å². The van der Waals surface area contributed by atoms with Crippen LogP contribution in [0.15, 0.2) is 24.3 Å². The average Bonchev–Trinajstić information content (AvgIpc) is 2.41. The van der Waals surface area contributed by atoms with Crippen molar-refractivity contribution in [2.24, 2.45) is 0 Å². The summed E-state index contributed by atoms with van der Waals surface area (Å²) in [6.07, 6.45) is 7.30. The number of benzene rings is 1. The van der Waals surface area contributed by atoms with Crippen molar-refractivity contribution in [2.75, 3.05) is 13.2 Å². The van der Waals surface area contributed by atoms with E-state index in [2.05, 4.69) is 11.2 Å². The first kappa shape index (κ1) is 15.6. The number of nitrogens with one attached hydrogen (secondary N) is 1. The molecule has 0 aliphatic rings. The van der Waals surface area contributed by atoms with Crippen LogP contribution in [0.3, 0.4) is 0 Å². The fourth-order valence-corrected chi connectivity index (χ4v) is 1.54. The Hall–Kier alpha value is -2.45. The molecule has 0 spiro atoms. The molecule has 0 atom stereocenters. The summed E-state index contributed by atoms with van der Waals surface area (Å²) in [4.78, 5) is 21.9. The number of ether oxygens (including phenoxy) is 1. The molecule has 0 fully saturated rings. The highest BCUT2D eigenvalue weighted by atomic mass is 35.5. The molecule has 104 valence electrons. The molecule has 0 unspecified atom stereocenters. The zero-order valence-corrected chi connectivity index (χ0v) is 11.2. The number of carbonyl (C=O) groups excluding carboxylic acids is 1. The van der Waals surface area contributed by atoms with Crippen molar-refractivity contribution >= 4 is 29.6 Å². The maximum Gasteiger partial charge on any atom is 0.328 e. The summed E-state index contributed by atoms with van der Waals surface area (Å²) in [6.45, 7) is -0.157. The smallest absolute Gasteiger partial charge is 0.328 e. The predicted molar refractivity (Wildman–Crippen MR) is 75.5 cm³/mol. The van der Waals surface area contributed by atoms with E-state index in [-0.39, 0.29) is 23.9 Å². The lowest BCUT2D eigenvalue weighted by atomic mass is 10.2. The SMILES string of the molecule is C#CCNC(=O)COc1c(Cl)cccc1/C=C/C(=O)O. The van der Waals surface area contributed by atoms with Crippen molar-refractivity contribution < 1.29 is 19.4 Å². The minimum absolute atomic E-state index is 0.108. The van der Waals surface area contributed by atoms with Gasteiger partial charge in [-0.15, -0.1) is 6.42 Å². The molecule has 2 N–H and O–H groups in total. The lowest BCUT2D eigenvalue weighted by Gasteiger charge is -2.10. The monoisotopic (exact) mass is 293 g/mol. The second kappa shape index (κ2) is 7.87. The zero-order valence-electron chi connectivity index (χ0n) is 10.4. The van der Waals surface area contributed by atoms with Gasteiger partial charge in [-0.05, 0) is 12.1 Å². The van der Waals surface area contributed by atoms with Crippen molar-refractivity contribution in [1.29, 1.82) is 0 Å². The molecule has 1 aromatic carbocycles. The van der Waals surface area contributed by atoms with Crippen LogP contribution in [-0.2, 0) is 9.59 Å². The van der Waals surface area contributed by atoms with Crippen LogP contribution in [-0.4, -0.2) is 30.1 Å². The van der Waals surface area contributed by atoms with Crippen LogP contribution in [0.1, 0.15) is 5.56 Å². The Morgan fingerprint density at radius 2 is 2.25 bits per heavy atom. The van der Waals surface area contributed by atoms with E-state index in [1.165, 1.54) is 6.08 Å². The van der Waals surface area contributed by atoms with Gasteiger partial charge in [0, 0.05) is 11.6 Å². The van der Waals surface area contributed by atoms with Gasteiger partial charge in [0.15, 0.2) is 6.61 Å². The predicted octanol–water partition coefficient (Wildman–Crippen LogP) is 1.57. The summed E-state index contributed by atoms with van der Waals surface area (Å²) in [5, 5.41) is 11.3. The Bertz CT molecular complexity index is 575. The molecule has 1 amide bonds. The van der Waals surface area contributed by atoms with Gasteiger partial charge in [-0.1, -0.05) is 29.7 Å². The standard InChI is InChI=1S/C14H12ClNO4/c1-2-8-16-12(17)9-20-14-10(6-7-13(18)19)4-3-5-11(14)15/h1,3-7H,8-9H2,(H,16,17)(H,18,19)/b7-6+. The Balaban J connectivity index is 2.80. The molecule has 6 heteroatoms. The third-order valence-corrected chi connectivity index (χ3v) is 2.44. The van der Waals surface area contributed by atoms with E-state index in [0.717, 1.165) is 6.08 Å². The zero-order chi connectivity index (χ0) is 15.0. The highest BCUT2D eigenvalue weighted by Crippen LogP contribution is 2.29. The highest BCUT2D eigenvalue weighted by Gasteiger charge is 2.09. The third-order valence-electron chi connectivity index (χ3n) is 2.14. The lowest BCUT2D eigenvalue weighted by molar-refractivity contribution is -0.131. The first-order valence-electron chi connectivity index (χ1n) is 5.57. The summed E-state index contributed by atoms with van der Waals surface area (Å²) >= 11 is 5.96. The quantitative estimate of drug-likeness (QED) is 0.616. The van der Waals surface area contributed by atoms with Gasteiger partial charge in [0.1, 0.15) is 5.75 Å². The number of para-hydroxylation sites is 1. The third kappa shape index (κ3) is 5.04. The van der Waals surface area contributed by atoms with E-state index in [1.54, 1.807) is 18.2 Å². The van der Waals surface area contributed by atoms with Gasteiger partial charge in [0.2, 0.25) is 0 Å². The number of hydrogen-bond donors (Lipinski definition) is 2. The molecule has 0 radical (unpaired) electrons. The van der Waals surface area contributed by atoms with E-state index in [0.29, 0.717) is 5.56 Å². The van der Waals surface area contributed by atoms with Crippen LogP contribution in [0.2, 0.25) is 5.02 Å². The number of carboxylic acids is 1. The molecular weight excluding hydrogens is 282 g/mol. The number of amides is 1. The minimum Gasteiger partial charge on any atom is -0.482 e. The lowest BCUT2D eigenvalue weighted by Crippen LogP contribution is -2.29. The van der Waals surface area contributed by atoms with Gasteiger partial charge >= 0.3 is 5.97 Å². The van der Waals surface area contributed by atoms with E-state index in [1.807, 2.05) is 0 Å². The first-order valence-corrected chi connectivity index (χ1v) is 5.95. The Kier molecular flexibility index (Phi) is 6.14. The molecule has 5 nitrogen and oxygen atoms in total. The Labute approximate surface area is 121 Å². The molecule has 0 aliphatic carbocycles. The number of halogens is 1. The van der Waals surface area contributed by atoms with Gasteiger partial charge in [0.05, 0.1) is 11.6 Å². The number of aliphatic carboxylic acids is 1. The average molecular weight is 294 g/mol. The van der Waals surface area contributed by atoms with E-state index in [9.17, 15) is 9.59 Å². The molecular formula is C14H12ClNO4. The second-order valence-electron chi connectivity index (χ2n) is 3.60. The van der Waals surface area contributed by atoms with Gasteiger partial charge in [-0.2, -0.15) is 0 Å². The largest absolute Gasteiger partial charge is 0.482 e. The molecule has 1 rings (SSSR count). The maximum atomic E-state index is 11.4. The normalized spacial score (nSPS) is 10.0. The number of carbonyl (C=O) groups is 2. The summed E-state index contributed by atoms with van der Waals surface area (Å²) < 4.78 is 5.30. The van der Waals surface area contributed by atoms with Crippen LogP contribution in [0, 0.1) is 12.3 Å². The molecule has 0 heterocycles. The summed E-state index contributed by atoms with van der Waals surface area (Å²) in [6, 6.07) is 4.85. The molecule has 0 saturated carbocycles. The van der Waals surface area contributed by atoms with Crippen molar-refractivity contribution in [3.8, 4) is 18.1 Å². The van der Waals surface area contributed by atoms with E-state index >= 15 is 0 Å². The highest BCUT2D eigenvalue weighted by molar-refractivity contribution is 6.32. The molecule has 0 bridgehead atoms. The minimum atomic E-state index is -1.09. The second-order valence-corrected chi connectivity index (χ2v) is 4.01. The Morgan fingerprint density at radius 1 is 1.50 bits per heavy atom. The molecule has 1 aromatic rings. The van der Waals surface area contributed by atoms with Gasteiger partial charge < -0.3 is 15.2 Å². The van der Waals surface area contributed by atoms with E-state index < -0.39 is 11.9 Å². The summed E-state index contributed by atoms with van der Waals surface area (Å²) in [5.74, 6) is 1.01. The molecule has 0 aliphatic heterocycles. The van der Waals surface area contributed by atoms with Crippen molar-refractivity contribution in [2.45, 2.75) is 0 Å². The fraction of sp³-hybridized carbons (Fsp3) is 0.143. The van der Waals surface area contributed by atoms with Crippen LogP contribution in [0.4, 0.5) is 0 Å². The summed E-state index contributed by atoms with van der Waals surface area (Å²) in [5.41, 5.74) is 0.463. The number of carboxylic acid groups (broad SMARTS) is 1. The molecule has 20 heavy (non-hydrogen) atoms. The number of terminal acetylenes is 1. The van der Waals surface area contributed by atoms with Gasteiger partial charge in [-0.25, -0.2) is 4.79 Å². The van der Waals surface area contributed by atoms with Gasteiger partial charge in [-0.3, -0.25) is 4.79 Å². The maximum absolute atomic E-state index is 11.4. The summed E-state index contributed by atoms with van der Waals surface area (Å²) in [7, 11) is 0. The van der Waals surface area contributed by atoms with Crippen LogP contribution < -0.4 is 10.1 Å². The first-order chi connectivity index (χ1) is 9.54.